The smallest absolute Gasteiger partial charge is 0.305 e. The number of carboxylic acids is 1. The van der Waals surface area contributed by atoms with Gasteiger partial charge in [0.15, 0.2) is 5.78 Å². The summed E-state index contributed by atoms with van der Waals surface area (Å²) in [7, 11) is 1.53. The van der Waals surface area contributed by atoms with Gasteiger partial charge >= 0.3 is 5.97 Å². The first kappa shape index (κ1) is 30.9. The highest BCUT2D eigenvalue weighted by atomic mass is 32.2. The maximum absolute atomic E-state index is 13.2. The molecular weight excluding hydrogens is 548 g/mol. The van der Waals surface area contributed by atoms with Gasteiger partial charge in [0.05, 0.1) is 31.7 Å². The Morgan fingerprint density at radius 2 is 1.75 bits per heavy atom. The third-order valence-corrected chi connectivity index (χ3v) is 8.09. The number of Topliss-reactive ketones (excluding diaryl/α,β-unsaturated/α-hetero) is 1. The Morgan fingerprint density at radius 1 is 1.00 bits per heavy atom. The number of aliphatic carboxylic acids is 1. The fraction of sp³-hybridized carbons (Fsp3) is 0.333. The van der Waals surface area contributed by atoms with Gasteiger partial charge in [0.2, 0.25) is 11.8 Å². The molecule has 2 amide bonds. The molecule has 3 N–H and O–H groups in total. The molecule has 3 aromatic rings. The molecule has 0 unspecified atom stereocenters. The van der Waals surface area contributed by atoms with E-state index in [4.69, 9.17) is 4.74 Å². The third-order valence-electron chi connectivity index (χ3n) is 6.14. The predicted molar refractivity (Wildman–Crippen MR) is 159 cm³/mol. The Kier molecular flexibility index (Phi) is 11.8. The highest BCUT2D eigenvalue weighted by Gasteiger charge is 2.30. The third kappa shape index (κ3) is 9.24. The van der Waals surface area contributed by atoms with Gasteiger partial charge in [0.25, 0.3) is 0 Å². The number of carboxylic acid groups (broad SMARTS) is 1. The van der Waals surface area contributed by atoms with Crippen LogP contribution in [0.4, 0.5) is 0 Å². The fourth-order valence-electron chi connectivity index (χ4n) is 4.07. The molecule has 0 aliphatic heterocycles. The standard InChI is InChI=1S/C30H34N2O6S2/c1-19(2)29(32-27(34)15-22-14-21(11-12-25(22)38-3)26-10-7-13-40-26)30(37)31-23(16-28(35)36)24(33)18-39-17-20-8-5-4-6-9-20/h4-14,19,23,29H,15-18H2,1-3H3,(H,31,37)(H,32,34)(H,35,36)/t23-,29-/m0/s1. The number of amides is 2. The number of carbonyl (C=O) groups excluding carboxylic acids is 3. The monoisotopic (exact) mass is 582 g/mol. The minimum absolute atomic E-state index is 0.0213. The lowest BCUT2D eigenvalue weighted by Gasteiger charge is -2.25. The Hall–Kier alpha value is -3.63. The van der Waals surface area contributed by atoms with Crippen LogP contribution in [-0.4, -0.2) is 53.6 Å². The van der Waals surface area contributed by atoms with Crippen LogP contribution >= 0.6 is 23.1 Å². The van der Waals surface area contributed by atoms with Gasteiger partial charge < -0.3 is 20.5 Å². The van der Waals surface area contributed by atoms with Gasteiger partial charge in [-0.05, 0) is 46.7 Å². The van der Waals surface area contributed by atoms with Crippen LogP contribution in [0.25, 0.3) is 10.4 Å². The van der Waals surface area contributed by atoms with E-state index in [2.05, 4.69) is 10.6 Å². The summed E-state index contributed by atoms with van der Waals surface area (Å²) >= 11 is 2.94. The minimum Gasteiger partial charge on any atom is -0.496 e. The second-order valence-corrected chi connectivity index (χ2v) is 11.5. The number of benzene rings is 2. The van der Waals surface area contributed by atoms with Gasteiger partial charge in [-0.2, -0.15) is 0 Å². The van der Waals surface area contributed by atoms with Crippen molar-refractivity contribution in [3.63, 3.8) is 0 Å². The largest absolute Gasteiger partial charge is 0.496 e. The van der Waals surface area contributed by atoms with Crippen molar-refractivity contribution in [1.29, 1.82) is 0 Å². The molecule has 0 saturated heterocycles. The summed E-state index contributed by atoms with van der Waals surface area (Å²) in [6.07, 6.45) is -0.561. The van der Waals surface area contributed by atoms with E-state index < -0.39 is 36.3 Å². The summed E-state index contributed by atoms with van der Waals surface area (Å²) in [5, 5.41) is 16.7. The molecule has 2 atom stereocenters. The molecule has 2 aromatic carbocycles. The van der Waals surface area contributed by atoms with Gasteiger partial charge in [-0.25, -0.2) is 0 Å². The van der Waals surface area contributed by atoms with Crippen molar-refractivity contribution < 1.29 is 29.0 Å². The fourth-order valence-corrected chi connectivity index (χ4v) is 5.73. The van der Waals surface area contributed by atoms with Crippen LogP contribution in [0.15, 0.2) is 66.0 Å². The van der Waals surface area contributed by atoms with Crippen LogP contribution in [0, 0.1) is 5.92 Å². The van der Waals surface area contributed by atoms with Gasteiger partial charge in [-0.1, -0.05) is 50.2 Å². The number of thiophene rings is 1. The molecule has 3 rings (SSSR count). The first-order chi connectivity index (χ1) is 19.2. The topological polar surface area (TPSA) is 122 Å². The van der Waals surface area contributed by atoms with Gasteiger partial charge in [-0.15, -0.1) is 23.1 Å². The van der Waals surface area contributed by atoms with Gasteiger partial charge in [0.1, 0.15) is 11.8 Å². The number of ether oxygens (including phenoxy) is 1. The lowest BCUT2D eigenvalue weighted by molar-refractivity contribution is -0.140. The Labute approximate surface area is 242 Å². The number of thioether (sulfide) groups is 1. The summed E-state index contributed by atoms with van der Waals surface area (Å²) in [5.41, 5.74) is 2.67. The zero-order chi connectivity index (χ0) is 29.1. The van der Waals surface area contributed by atoms with Crippen molar-refractivity contribution in [2.45, 2.75) is 44.5 Å². The average molecular weight is 583 g/mol. The number of methoxy groups -OCH3 is 1. The van der Waals surface area contributed by atoms with Crippen molar-refractivity contribution >= 4 is 46.7 Å². The predicted octanol–water partition coefficient (Wildman–Crippen LogP) is 4.57. The molecule has 212 valence electrons. The highest BCUT2D eigenvalue weighted by molar-refractivity contribution is 7.99. The molecule has 0 aliphatic carbocycles. The highest BCUT2D eigenvalue weighted by Crippen LogP contribution is 2.30. The Balaban J connectivity index is 1.65. The average Bonchev–Trinajstić information content (AvgIpc) is 3.46. The summed E-state index contributed by atoms with van der Waals surface area (Å²) in [6.45, 7) is 3.54. The first-order valence-electron chi connectivity index (χ1n) is 12.8. The molecule has 1 aromatic heterocycles. The van der Waals surface area contributed by atoms with Crippen molar-refractivity contribution in [1.82, 2.24) is 10.6 Å². The number of hydrogen-bond donors (Lipinski definition) is 3. The van der Waals surface area contributed by atoms with Crippen molar-refractivity contribution in [3.05, 3.63) is 77.2 Å². The summed E-state index contributed by atoms with van der Waals surface area (Å²) in [5.74, 6) is -1.70. The minimum atomic E-state index is -1.20. The van der Waals surface area contributed by atoms with Crippen LogP contribution in [0.2, 0.25) is 0 Å². The van der Waals surface area contributed by atoms with Crippen LogP contribution in [0.5, 0.6) is 5.75 Å². The SMILES string of the molecule is COc1ccc(-c2cccs2)cc1CC(=O)N[C@H](C(=O)N[C@@H](CC(=O)O)C(=O)CSCc1ccccc1)C(C)C. The number of carbonyl (C=O) groups is 4. The quantitative estimate of drug-likeness (QED) is 0.240. The number of hydrogen-bond acceptors (Lipinski definition) is 7. The molecule has 40 heavy (non-hydrogen) atoms. The van der Waals surface area contributed by atoms with E-state index in [1.807, 2.05) is 66.0 Å². The van der Waals surface area contributed by atoms with E-state index in [9.17, 15) is 24.3 Å². The number of nitrogens with one attached hydrogen (secondary N) is 2. The van der Waals surface area contributed by atoms with Crippen LogP contribution in [0.1, 0.15) is 31.4 Å². The zero-order valence-corrected chi connectivity index (χ0v) is 24.3. The molecule has 10 heteroatoms. The van der Waals surface area contributed by atoms with E-state index in [1.165, 1.54) is 18.9 Å². The number of rotatable bonds is 15. The van der Waals surface area contributed by atoms with Gasteiger partial charge in [-0.3, -0.25) is 19.2 Å². The summed E-state index contributed by atoms with van der Waals surface area (Å²) < 4.78 is 5.44. The lowest BCUT2D eigenvalue weighted by Crippen LogP contribution is -2.54. The van der Waals surface area contributed by atoms with E-state index in [-0.39, 0.29) is 23.9 Å². The summed E-state index contributed by atoms with van der Waals surface area (Å²) in [6, 6.07) is 17.0. The molecule has 1 heterocycles. The van der Waals surface area contributed by atoms with E-state index >= 15 is 0 Å². The molecule has 0 spiro atoms. The Bertz CT molecular complexity index is 1290. The molecule has 0 saturated carbocycles. The van der Waals surface area contributed by atoms with E-state index in [0.717, 1.165) is 16.0 Å². The van der Waals surface area contributed by atoms with Crippen LogP contribution in [0.3, 0.4) is 0 Å². The molecular formula is C30H34N2O6S2. The second-order valence-electron chi connectivity index (χ2n) is 9.57. The zero-order valence-electron chi connectivity index (χ0n) is 22.7. The normalized spacial score (nSPS) is 12.4. The Morgan fingerprint density at radius 3 is 2.38 bits per heavy atom. The maximum Gasteiger partial charge on any atom is 0.305 e. The molecule has 0 bridgehead atoms. The van der Waals surface area contributed by atoms with E-state index in [0.29, 0.717) is 17.1 Å². The van der Waals surface area contributed by atoms with Crippen molar-refractivity contribution in [2.24, 2.45) is 5.92 Å². The van der Waals surface area contributed by atoms with Crippen LogP contribution in [-0.2, 0) is 31.4 Å². The molecule has 0 fully saturated rings. The molecule has 0 radical (unpaired) electrons. The summed E-state index contributed by atoms with van der Waals surface area (Å²) in [4.78, 5) is 51.6. The second kappa shape index (κ2) is 15.2. The number of ketones is 1. The molecule has 8 nitrogen and oxygen atoms in total. The van der Waals surface area contributed by atoms with Gasteiger partial charge in [0, 0.05) is 16.2 Å². The lowest BCUT2D eigenvalue weighted by atomic mass is 10.0. The van der Waals surface area contributed by atoms with Crippen molar-refractivity contribution in [3.8, 4) is 16.2 Å². The molecule has 0 aliphatic rings. The first-order valence-corrected chi connectivity index (χ1v) is 14.9. The van der Waals surface area contributed by atoms with Crippen LogP contribution < -0.4 is 15.4 Å². The maximum atomic E-state index is 13.2. The van der Waals surface area contributed by atoms with Crippen molar-refractivity contribution in [2.75, 3.05) is 12.9 Å². The van der Waals surface area contributed by atoms with E-state index in [1.54, 1.807) is 25.2 Å².